The zero-order chi connectivity index (χ0) is 19.8. The fourth-order valence-corrected chi connectivity index (χ4v) is 4.63. The van der Waals surface area contributed by atoms with Crippen molar-refractivity contribution >= 4 is 15.9 Å². The minimum atomic E-state index is -1.61. The van der Waals surface area contributed by atoms with E-state index in [1.165, 1.54) is 0 Å². The van der Waals surface area contributed by atoms with E-state index in [0.717, 1.165) is 15.6 Å². The van der Waals surface area contributed by atoms with Gasteiger partial charge in [0.15, 0.2) is 5.41 Å². The van der Waals surface area contributed by atoms with Crippen LogP contribution in [0, 0.1) is 45.3 Å². The largest absolute Gasteiger partial charge is 0.496 e. The zero-order valence-electron chi connectivity index (χ0n) is 15.0. The minimum absolute atomic E-state index is 0.0407. The Balaban J connectivity index is 2.31. The Kier molecular flexibility index (Phi) is 4.98. The molecule has 0 radical (unpaired) electrons. The van der Waals surface area contributed by atoms with Crippen molar-refractivity contribution in [1.82, 2.24) is 4.90 Å². The number of hydrogen-bond donors (Lipinski definition) is 1. The van der Waals surface area contributed by atoms with Crippen LogP contribution in [0.3, 0.4) is 0 Å². The summed E-state index contributed by atoms with van der Waals surface area (Å²) in [5, 5.41) is 29.7. The monoisotopic (exact) mass is 423 g/mol. The molecule has 0 fully saturated rings. The third-order valence-corrected chi connectivity index (χ3v) is 6.00. The second-order valence-electron chi connectivity index (χ2n) is 6.79. The predicted octanol–water partition coefficient (Wildman–Crippen LogP) is 2.81. The molecule has 3 rings (SSSR count). The van der Waals surface area contributed by atoms with Crippen LogP contribution in [-0.2, 0) is 0 Å². The number of fused-ring (bicyclic) bond motifs is 1. The molecule has 2 atom stereocenters. The summed E-state index contributed by atoms with van der Waals surface area (Å²) in [6.45, 7) is 1.32. The lowest BCUT2D eigenvalue weighted by atomic mass is 9.58. The van der Waals surface area contributed by atoms with Crippen LogP contribution in [0.25, 0.3) is 0 Å². The highest BCUT2D eigenvalue weighted by molar-refractivity contribution is 9.10. The fourth-order valence-electron chi connectivity index (χ4n) is 4.08. The molecule has 7 heteroatoms. The van der Waals surface area contributed by atoms with E-state index < -0.39 is 11.3 Å². The first kappa shape index (κ1) is 19.0. The predicted molar refractivity (Wildman–Crippen MR) is 103 cm³/mol. The van der Waals surface area contributed by atoms with E-state index in [1.54, 1.807) is 13.2 Å². The normalized spacial score (nSPS) is 24.1. The van der Waals surface area contributed by atoms with Gasteiger partial charge in [0, 0.05) is 24.9 Å². The number of nitriles is 3. The third-order valence-electron chi connectivity index (χ3n) is 5.38. The lowest BCUT2D eigenvalue weighted by molar-refractivity contribution is 0.237. The van der Waals surface area contributed by atoms with Crippen LogP contribution in [0.2, 0.25) is 0 Å². The highest BCUT2D eigenvalue weighted by Crippen LogP contribution is 2.54. The first-order valence-electron chi connectivity index (χ1n) is 8.38. The van der Waals surface area contributed by atoms with Crippen LogP contribution >= 0.6 is 15.9 Å². The molecule has 1 aromatic carbocycles. The molecule has 0 saturated carbocycles. The number of likely N-dealkylation sites (N-methyl/N-ethyl adjacent to an activating group) is 1. The van der Waals surface area contributed by atoms with Crippen molar-refractivity contribution in [2.75, 3.05) is 27.2 Å². The first-order chi connectivity index (χ1) is 12.9. The van der Waals surface area contributed by atoms with Gasteiger partial charge in [-0.25, -0.2) is 0 Å². The minimum Gasteiger partial charge on any atom is -0.496 e. The van der Waals surface area contributed by atoms with Gasteiger partial charge in [-0.15, -0.1) is 0 Å². The van der Waals surface area contributed by atoms with Crippen molar-refractivity contribution in [2.45, 2.75) is 5.92 Å². The Morgan fingerprint density at radius 2 is 2.00 bits per heavy atom. The van der Waals surface area contributed by atoms with Crippen molar-refractivity contribution in [1.29, 1.82) is 15.8 Å². The average molecular weight is 424 g/mol. The van der Waals surface area contributed by atoms with Gasteiger partial charge < -0.3 is 15.4 Å². The number of allylic oxidation sites excluding steroid dienone is 2. The van der Waals surface area contributed by atoms with Crippen LogP contribution in [-0.4, -0.2) is 32.1 Å². The van der Waals surface area contributed by atoms with E-state index in [0.29, 0.717) is 18.8 Å². The van der Waals surface area contributed by atoms with Crippen LogP contribution in [0.5, 0.6) is 5.75 Å². The molecule has 0 saturated heterocycles. The van der Waals surface area contributed by atoms with Gasteiger partial charge in [-0.1, -0.05) is 12.1 Å². The molecule has 1 aliphatic heterocycles. The molecule has 2 aliphatic rings. The second-order valence-corrected chi connectivity index (χ2v) is 7.65. The Bertz CT molecular complexity index is 962. The lowest BCUT2D eigenvalue weighted by Crippen LogP contribution is -2.47. The number of benzene rings is 1. The molecule has 1 aromatic rings. The molecule has 2 N–H and O–H groups in total. The van der Waals surface area contributed by atoms with Crippen molar-refractivity contribution in [3.8, 4) is 24.0 Å². The van der Waals surface area contributed by atoms with Gasteiger partial charge >= 0.3 is 0 Å². The summed E-state index contributed by atoms with van der Waals surface area (Å²) in [5.41, 5.74) is 6.60. The summed E-state index contributed by atoms with van der Waals surface area (Å²) in [6, 6.07) is 11.9. The Morgan fingerprint density at radius 1 is 1.30 bits per heavy atom. The van der Waals surface area contributed by atoms with Crippen molar-refractivity contribution in [3.05, 3.63) is 51.2 Å². The van der Waals surface area contributed by atoms with Crippen molar-refractivity contribution in [2.24, 2.45) is 17.1 Å². The summed E-state index contributed by atoms with van der Waals surface area (Å²) in [4.78, 5) is 2.11. The van der Waals surface area contributed by atoms with Gasteiger partial charge in [-0.2, -0.15) is 15.8 Å². The molecule has 136 valence electrons. The molecule has 1 aliphatic carbocycles. The van der Waals surface area contributed by atoms with Gasteiger partial charge in [0.2, 0.25) is 0 Å². The Labute approximate surface area is 166 Å². The van der Waals surface area contributed by atoms with Gasteiger partial charge in [0.25, 0.3) is 0 Å². The number of ether oxygens (including phenoxy) is 1. The lowest BCUT2D eigenvalue weighted by Gasteiger charge is -2.45. The maximum atomic E-state index is 10.0. The molecular formula is C20H18BrN5O. The molecule has 2 unspecified atom stereocenters. The molecule has 0 aromatic heterocycles. The van der Waals surface area contributed by atoms with Crippen molar-refractivity contribution in [3.63, 3.8) is 0 Å². The number of hydrogen-bond acceptors (Lipinski definition) is 6. The maximum absolute atomic E-state index is 10.0. The highest BCUT2D eigenvalue weighted by atomic mass is 79.9. The standard InChI is InChI=1S/C20H18BrN5O/c1-26-6-5-13-14(8-22)19(25)20(10-23,11-24)18(15(13)9-26)12-3-4-17(27-2)16(21)7-12/h3-5,7,15,18H,6,9,25H2,1-2H3. The van der Waals surface area contributed by atoms with E-state index in [2.05, 4.69) is 39.0 Å². The maximum Gasteiger partial charge on any atom is 0.191 e. The van der Waals surface area contributed by atoms with E-state index in [9.17, 15) is 15.8 Å². The zero-order valence-corrected chi connectivity index (χ0v) is 16.6. The smallest absolute Gasteiger partial charge is 0.191 e. The first-order valence-corrected chi connectivity index (χ1v) is 9.18. The summed E-state index contributed by atoms with van der Waals surface area (Å²) in [5.74, 6) is -0.0297. The molecule has 6 nitrogen and oxygen atoms in total. The molecule has 27 heavy (non-hydrogen) atoms. The van der Waals surface area contributed by atoms with E-state index in [1.807, 2.05) is 25.3 Å². The quantitative estimate of drug-likeness (QED) is 0.782. The Morgan fingerprint density at radius 3 is 2.56 bits per heavy atom. The number of halogens is 1. The molecular weight excluding hydrogens is 406 g/mol. The number of nitrogens with zero attached hydrogens (tertiary/aromatic N) is 4. The van der Waals surface area contributed by atoms with E-state index in [-0.39, 0.29) is 17.2 Å². The van der Waals surface area contributed by atoms with E-state index >= 15 is 0 Å². The van der Waals surface area contributed by atoms with Crippen LogP contribution < -0.4 is 10.5 Å². The molecule has 0 bridgehead atoms. The second kappa shape index (κ2) is 7.08. The SMILES string of the molecule is COc1ccc(C2C3CN(C)CC=C3C(C#N)=C(N)C2(C#N)C#N)cc1Br. The average Bonchev–Trinajstić information content (AvgIpc) is 2.67. The van der Waals surface area contributed by atoms with Gasteiger partial charge in [0.05, 0.1) is 35.0 Å². The van der Waals surface area contributed by atoms with Crippen molar-refractivity contribution < 1.29 is 4.74 Å². The molecule has 0 spiro atoms. The number of methoxy groups -OCH3 is 1. The van der Waals surface area contributed by atoms with Gasteiger partial charge in [-0.05, 0) is 46.2 Å². The summed E-state index contributed by atoms with van der Waals surface area (Å²) < 4.78 is 6.03. The number of rotatable bonds is 2. The van der Waals surface area contributed by atoms with Crippen LogP contribution in [0.4, 0.5) is 0 Å². The summed E-state index contributed by atoms with van der Waals surface area (Å²) in [6.07, 6.45) is 1.98. The fraction of sp³-hybridized carbons (Fsp3) is 0.350. The topological polar surface area (TPSA) is 110 Å². The van der Waals surface area contributed by atoms with Gasteiger partial charge in [-0.3, -0.25) is 0 Å². The summed E-state index contributed by atoms with van der Waals surface area (Å²) >= 11 is 3.48. The van der Waals surface area contributed by atoms with E-state index in [4.69, 9.17) is 10.5 Å². The third kappa shape index (κ3) is 2.79. The highest BCUT2D eigenvalue weighted by Gasteiger charge is 2.54. The molecule has 0 amide bonds. The molecule has 1 heterocycles. The van der Waals surface area contributed by atoms with Gasteiger partial charge in [0.1, 0.15) is 11.8 Å². The van der Waals surface area contributed by atoms with Crippen LogP contribution in [0.1, 0.15) is 11.5 Å². The summed E-state index contributed by atoms with van der Waals surface area (Å²) in [7, 11) is 3.55. The Hall–Kier alpha value is -2.79. The number of nitrogens with two attached hydrogens (primary N) is 1. The van der Waals surface area contributed by atoms with Crippen LogP contribution in [0.15, 0.2) is 45.6 Å².